The van der Waals surface area contributed by atoms with Crippen LogP contribution in [0.2, 0.25) is 0 Å². The van der Waals surface area contributed by atoms with E-state index in [0.29, 0.717) is 31.2 Å². The van der Waals surface area contributed by atoms with Gasteiger partial charge in [-0.2, -0.15) is 0 Å². The van der Waals surface area contributed by atoms with Gasteiger partial charge >= 0.3 is 0 Å². The van der Waals surface area contributed by atoms with Crippen LogP contribution in [0.15, 0.2) is 46.4 Å². The van der Waals surface area contributed by atoms with Gasteiger partial charge in [0, 0.05) is 29.7 Å². The Labute approximate surface area is 150 Å². The molecule has 7 heteroatoms. The van der Waals surface area contributed by atoms with Crippen molar-refractivity contribution in [2.45, 2.75) is 6.42 Å². The zero-order valence-corrected chi connectivity index (χ0v) is 15.6. The van der Waals surface area contributed by atoms with E-state index < -0.39 is 0 Å². The first-order valence-corrected chi connectivity index (χ1v) is 7.11. The van der Waals surface area contributed by atoms with Crippen LogP contribution in [0.25, 0.3) is 0 Å². The average Bonchev–Trinajstić information content (AvgIpc) is 2.44. The number of carbonyl (C=O) groups is 1. The number of rotatable bonds is 7. The van der Waals surface area contributed by atoms with Crippen LogP contribution in [0.5, 0.6) is 0 Å². The van der Waals surface area contributed by atoms with Gasteiger partial charge < -0.3 is 16.4 Å². The number of halogens is 2. The van der Waals surface area contributed by atoms with Gasteiger partial charge in [-0.3, -0.25) is 9.79 Å². The van der Waals surface area contributed by atoms with Crippen LogP contribution >= 0.6 is 39.9 Å². The van der Waals surface area contributed by atoms with Crippen LogP contribution < -0.4 is 16.4 Å². The van der Waals surface area contributed by atoms with Crippen molar-refractivity contribution in [1.29, 1.82) is 0 Å². The maximum absolute atomic E-state index is 11.8. The Hall–Kier alpha value is -1.09. The van der Waals surface area contributed by atoms with Gasteiger partial charge in [0.2, 0.25) is 0 Å². The summed E-state index contributed by atoms with van der Waals surface area (Å²) >= 11 is 3.33. The summed E-state index contributed by atoms with van der Waals surface area (Å²) in [4.78, 5) is 15.9. The van der Waals surface area contributed by atoms with E-state index in [0.717, 1.165) is 10.9 Å². The fourth-order valence-electron chi connectivity index (χ4n) is 1.44. The maximum atomic E-state index is 11.8. The fourth-order valence-corrected chi connectivity index (χ4v) is 1.84. The van der Waals surface area contributed by atoms with E-state index in [2.05, 4.69) is 38.1 Å². The Balaban J connectivity index is 0.00000400. The van der Waals surface area contributed by atoms with Gasteiger partial charge in [0.1, 0.15) is 0 Å². The third-order valence-electron chi connectivity index (χ3n) is 2.42. The zero-order chi connectivity index (χ0) is 14.8. The minimum atomic E-state index is -0.0898. The molecule has 21 heavy (non-hydrogen) atoms. The molecule has 0 saturated heterocycles. The van der Waals surface area contributed by atoms with Crippen LogP contribution in [0.4, 0.5) is 0 Å². The van der Waals surface area contributed by atoms with E-state index in [9.17, 15) is 4.79 Å². The largest absolute Gasteiger partial charge is 0.370 e. The molecule has 0 unspecified atom stereocenters. The van der Waals surface area contributed by atoms with Crippen molar-refractivity contribution in [3.8, 4) is 0 Å². The molecular weight excluding hydrogens is 447 g/mol. The van der Waals surface area contributed by atoms with Gasteiger partial charge in [0.05, 0.1) is 0 Å². The van der Waals surface area contributed by atoms with E-state index in [1.165, 1.54) is 0 Å². The molecule has 0 aliphatic heterocycles. The number of guanidine groups is 1. The molecule has 0 saturated carbocycles. The molecule has 116 valence electrons. The SMILES string of the molecule is C=CCNC(N)=NCCCNC(=O)c1cccc(Br)c1.I. The predicted molar refractivity (Wildman–Crippen MR) is 101 cm³/mol. The number of hydrogen-bond donors (Lipinski definition) is 3. The molecule has 0 heterocycles. The van der Waals surface area contributed by atoms with Gasteiger partial charge in [-0.1, -0.05) is 28.1 Å². The lowest BCUT2D eigenvalue weighted by molar-refractivity contribution is 0.0953. The lowest BCUT2D eigenvalue weighted by atomic mass is 10.2. The second-order valence-electron chi connectivity index (χ2n) is 4.06. The van der Waals surface area contributed by atoms with E-state index >= 15 is 0 Å². The number of hydrogen-bond acceptors (Lipinski definition) is 2. The van der Waals surface area contributed by atoms with Crippen molar-refractivity contribution in [3.63, 3.8) is 0 Å². The second kappa shape index (κ2) is 11.6. The summed E-state index contributed by atoms with van der Waals surface area (Å²) in [5, 5.41) is 5.72. The van der Waals surface area contributed by atoms with Crippen LogP contribution in [0, 0.1) is 0 Å². The first-order valence-electron chi connectivity index (χ1n) is 6.32. The van der Waals surface area contributed by atoms with Gasteiger partial charge in [-0.15, -0.1) is 30.6 Å². The molecule has 5 nitrogen and oxygen atoms in total. The smallest absolute Gasteiger partial charge is 0.251 e. The standard InChI is InChI=1S/C14H19BrN4O.HI/c1-2-7-18-14(16)19-9-4-8-17-13(20)11-5-3-6-12(15)10-11;/h2-3,5-6,10H,1,4,7-9H2,(H,17,20)(H3,16,18,19);1H. The molecule has 1 aromatic carbocycles. The Morgan fingerprint density at radius 1 is 1.43 bits per heavy atom. The number of nitrogens with one attached hydrogen (secondary N) is 2. The Morgan fingerprint density at radius 2 is 2.19 bits per heavy atom. The molecule has 0 atom stereocenters. The lowest BCUT2D eigenvalue weighted by Crippen LogP contribution is -2.32. The van der Waals surface area contributed by atoms with Gasteiger partial charge in [-0.05, 0) is 24.6 Å². The summed E-state index contributed by atoms with van der Waals surface area (Å²) in [5.41, 5.74) is 6.24. The van der Waals surface area contributed by atoms with Crippen LogP contribution in [-0.2, 0) is 0 Å². The number of nitrogens with zero attached hydrogens (tertiary/aromatic N) is 1. The fraction of sp³-hybridized carbons (Fsp3) is 0.286. The number of aliphatic imine (C=N–C) groups is 1. The van der Waals surface area contributed by atoms with Gasteiger partial charge in [0.25, 0.3) is 5.91 Å². The minimum absolute atomic E-state index is 0. The highest BCUT2D eigenvalue weighted by atomic mass is 127. The Morgan fingerprint density at radius 3 is 2.86 bits per heavy atom. The molecule has 0 aliphatic carbocycles. The van der Waals surface area contributed by atoms with Crippen molar-refractivity contribution < 1.29 is 4.79 Å². The molecule has 0 fully saturated rings. The van der Waals surface area contributed by atoms with Crippen LogP contribution in [0.1, 0.15) is 16.8 Å². The highest BCUT2D eigenvalue weighted by Gasteiger charge is 2.04. The summed E-state index contributed by atoms with van der Waals surface area (Å²) < 4.78 is 0.885. The molecule has 1 amide bonds. The molecule has 1 rings (SSSR count). The van der Waals surface area contributed by atoms with E-state index in [-0.39, 0.29) is 29.9 Å². The third-order valence-corrected chi connectivity index (χ3v) is 2.91. The summed E-state index contributed by atoms with van der Waals surface area (Å²) in [6, 6.07) is 7.26. The lowest BCUT2D eigenvalue weighted by Gasteiger charge is -2.05. The molecule has 0 bridgehead atoms. The first-order chi connectivity index (χ1) is 9.63. The summed E-state index contributed by atoms with van der Waals surface area (Å²) in [7, 11) is 0. The Bertz CT molecular complexity index is 494. The van der Waals surface area contributed by atoms with E-state index in [1.54, 1.807) is 18.2 Å². The van der Waals surface area contributed by atoms with Crippen LogP contribution in [-0.4, -0.2) is 31.5 Å². The first kappa shape index (κ1) is 19.9. The summed E-state index contributed by atoms with van der Waals surface area (Å²) in [6.45, 7) is 5.29. The minimum Gasteiger partial charge on any atom is -0.370 e. The highest BCUT2D eigenvalue weighted by molar-refractivity contribution is 14.0. The summed E-state index contributed by atoms with van der Waals surface area (Å²) in [6.07, 6.45) is 2.44. The molecule has 4 N–H and O–H groups in total. The molecule has 0 aliphatic rings. The topological polar surface area (TPSA) is 79.5 Å². The van der Waals surface area contributed by atoms with Gasteiger partial charge in [-0.25, -0.2) is 0 Å². The normalized spacial score (nSPS) is 10.4. The van der Waals surface area contributed by atoms with Crippen molar-refractivity contribution in [1.82, 2.24) is 10.6 Å². The highest BCUT2D eigenvalue weighted by Crippen LogP contribution is 2.11. The number of carbonyl (C=O) groups excluding carboxylic acids is 1. The molecule has 1 aromatic rings. The Kier molecular flexibility index (Phi) is 11.0. The van der Waals surface area contributed by atoms with Crippen molar-refractivity contribution in [2.75, 3.05) is 19.6 Å². The number of amides is 1. The van der Waals surface area contributed by atoms with Crippen molar-refractivity contribution in [2.24, 2.45) is 10.7 Å². The molecular formula is C14H20BrIN4O. The number of benzene rings is 1. The predicted octanol–water partition coefficient (Wildman–Crippen LogP) is 2.28. The average molecular weight is 467 g/mol. The quantitative estimate of drug-likeness (QED) is 0.189. The number of nitrogens with two attached hydrogens (primary N) is 1. The summed E-state index contributed by atoms with van der Waals surface area (Å²) in [5.74, 6) is 0.302. The zero-order valence-electron chi connectivity index (χ0n) is 11.6. The van der Waals surface area contributed by atoms with E-state index in [4.69, 9.17) is 5.73 Å². The molecule has 0 radical (unpaired) electrons. The van der Waals surface area contributed by atoms with Gasteiger partial charge in [0.15, 0.2) is 5.96 Å². The second-order valence-corrected chi connectivity index (χ2v) is 4.97. The monoisotopic (exact) mass is 466 g/mol. The van der Waals surface area contributed by atoms with Crippen molar-refractivity contribution >= 4 is 51.8 Å². The third kappa shape index (κ3) is 8.71. The van der Waals surface area contributed by atoms with Crippen molar-refractivity contribution in [3.05, 3.63) is 47.0 Å². The van der Waals surface area contributed by atoms with Crippen LogP contribution in [0.3, 0.4) is 0 Å². The molecule has 0 aromatic heterocycles. The van der Waals surface area contributed by atoms with E-state index in [1.807, 2.05) is 12.1 Å². The molecule has 0 spiro atoms. The maximum Gasteiger partial charge on any atom is 0.251 e.